The maximum atomic E-state index is 11.0. The number of carbonyl (C=O) groups is 2. The van der Waals surface area contributed by atoms with E-state index in [0.29, 0.717) is 19.6 Å². The van der Waals surface area contributed by atoms with Gasteiger partial charge in [0.2, 0.25) is 0 Å². The van der Waals surface area contributed by atoms with Crippen molar-refractivity contribution >= 4 is 12.6 Å². The van der Waals surface area contributed by atoms with Crippen LogP contribution in [-0.2, 0) is 14.3 Å². The smallest absolute Gasteiger partial charge is 0.407 e. The standard InChI is InChI=1S/C10H20N2O4/c11-5-3-1-2-4-6-12-10(14)16-8-7-15-9-13/h9H,1-8,11H2,(H,12,14). The van der Waals surface area contributed by atoms with E-state index >= 15 is 0 Å². The second-order valence-electron chi connectivity index (χ2n) is 3.23. The Balaban J connectivity index is 3.14. The van der Waals surface area contributed by atoms with Crippen molar-refractivity contribution in [3.8, 4) is 0 Å². The molecule has 0 aliphatic carbocycles. The van der Waals surface area contributed by atoms with Crippen molar-refractivity contribution in [1.82, 2.24) is 5.32 Å². The van der Waals surface area contributed by atoms with E-state index in [2.05, 4.69) is 10.1 Å². The lowest BCUT2D eigenvalue weighted by molar-refractivity contribution is -0.129. The molecule has 0 spiro atoms. The fourth-order valence-corrected chi connectivity index (χ4v) is 1.09. The Morgan fingerprint density at radius 2 is 1.94 bits per heavy atom. The summed E-state index contributed by atoms with van der Waals surface area (Å²) in [4.78, 5) is 20.8. The molecule has 0 aromatic rings. The molecule has 6 heteroatoms. The van der Waals surface area contributed by atoms with E-state index in [-0.39, 0.29) is 13.2 Å². The van der Waals surface area contributed by atoms with Gasteiger partial charge in [-0.2, -0.15) is 0 Å². The van der Waals surface area contributed by atoms with Gasteiger partial charge >= 0.3 is 6.09 Å². The summed E-state index contributed by atoms with van der Waals surface area (Å²) in [5.74, 6) is 0. The second kappa shape index (κ2) is 11.8. The number of alkyl carbamates (subject to hydrolysis) is 1. The first-order chi connectivity index (χ1) is 7.81. The van der Waals surface area contributed by atoms with E-state index in [1.165, 1.54) is 0 Å². The van der Waals surface area contributed by atoms with Gasteiger partial charge in [-0.3, -0.25) is 4.79 Å². The second-order valence-corrected chi connectivity index (χ2v) is 3.23. The molecule has 1 amide bonds. The van der Waals surface area contributed by atoms with Crippen molar-refractivity contribution in [2.45, 2.75) is 25.7 Å². The van der Waals surface area contributed by atoms with Crippen molar-refractivity contribution < 1.29 is 19.1 Å². The summed E-state index contributed by atoms with van der Waals surface area (Å²) in [6, 6.07) is 0. The van der Waals surface area contributed by atoms with E-state index in [1.54, 1.807) is 0 Å². The molecule has 0 aliphatic rings. The molecule has 16 heavy (non-hydrogen) atoms. The normalized spacial score (nSPS) is 9.56. The molecule has 3 N–H and O–H groups in total. The lowest BCUT2D eigenvalue weighted by Crippen LogP contribution is -2.26. The van der Waals surface area contributed by atoms with Crippen molar-refractivity contribution in [2.75, 3.05) is 26.3 Å². The number of amides is 1. The summed E-state index contributed by atoms with van der Waals surface area (Å²) in [6.45, 7) is 1.80. The summed E-state index contributed by atoms with van der Waals surface area (Å²) < 4.78 is 9.07. The van der Waals surface area contributed by atoms with E-state index in [0.717, 1.165) is 25.7 Å². The highest BCUT2D eigenvalue weighted by Crippen LogP contribution is 1.96. The first-order valence-electron chi connectivity index (χ1n) is 5.47. The zero-order chi connectivity index (χ0) is 12.1. The number of unbranched alkanes of at least 4 members (excludes halogenated alkanes) is 3. The number of carbonyl (C=O) groups excluding carboxylic acids is 2. The zero-order valence-electron chi connectivity index (χ0n) is 9.44. The number of hydrogen-bond donors (Lipinski definition) is 2. The number of nitrogens with one attached hydrogen (secondary N) is 1. The Kier molecular flexibility index (Phi) is 10.8. The van der Waals surface area contributed by atoms with Crippen LogP contribution in [0.2, 0.25) is 0 Å². The number of nitrogens with two attached hydrogens (primary N) is 1. The number of rotatable bonds is 10. The van der Waals surface area contributed by atoms with Gasteiger partial charge in [0.05, 0.1) is 0 Å². The highest BCUT2D eigenvalue weighted by Gasteiger charge is 1.99. The zero-order valence-corrected chi connectivity index (χ0v) is 9.44. The number of hydrogen-bond acceptors (Lipinski definition) is 5. The van der Waals surface area contributed by atoms with E-state index in [9.17, 15) is 9.59 Å². The SMILES string of the molecule is NCCCCCCNC(=O)OCCOC=O. The summed E-state index contributed by atoms with van der Waals surface area (Å²) in [5, 5.41) is 2.60. The average Bonchev–Trinajstić information content (AvgIpc) is 2.29. The third kappa shape index (κ3) is 10.8. The quantitative estimate of drug-likeness (QED) is 0.420. The van der Waals surface area contributed by atoms with Crippen LogP contribution in [0.1, 0.15) is 25.7 Å². The van der Waals surface area contributed by atoms with Crippen LogP contribution in [0.3, 0.4) is 0 Å². The average molecular weight is 232 g/mol. The van der Waals surface area contributed by atoms with Gasteiger partial charge in [-0.25, -0.2) is 4.79 Å². The van der Waals surface area contributed by atoms with Gasteiger partial charge in [-0.05, 0) is 19.4 Å². The summed E-state index contributed by atoms with van der Waals surface area (Å²) in [5.41, 5.74) is 5.34. The van der Waals surface area contributed by atoms with Crippen LogP contribution < -0.4 is 11.1 Å². The molecule has 0 rings (SSSR count). The molecular formula is C10H20N2O4. The molecule has 94 valence electrons. The van der Waals surface area contributed by atoms with Crippen LogP contribution >= 0.6 is 0 Å². The minimum atomic E-state index is -0.478. The van der Waals surface area contributed by atoms with E-state index < -0.39 is 6.09 Å². The summed E-state index contributed by atoms with van der Waals surface area (Å²) in [6.07, 6.45) is 3.59. The molecule has 0 radical (unpaired) electrons. The van der Waals surface area contributed by atoms with Crippen LogP contribution in [0.15, 0.2) is 0 Å². The highest BCUT2D eigenvalue weighted by atomic mass is 16.6. The molecule has 0 aromatic heterocycles. The molecule has 0 atom stereocenters. The Morgan fingerprint density at radius 3 is 2.62 bits per heavy atom. The molecule has 0 aliphatic heterocycles. The summed E-state index contributed by atoms with van der Waals surface area (Å²) in [7, 11) is 0. The van der Waals surface area contributed by atoms with Crippen LogP contribution in [0.25, 0.3) is 0 Å². The predicted molar refractivity (Wildman–Crippen MR) is 58.9 cm³/mol. The highest BCUT2D eigenvalue weighted by molar-refractivity contribution is 5.66. The molecule has 0 heterocycles. The Bertz CT molecular complexity index is 188. The topological polar surface area (TPSA) is 90.7 Å². The van der Waals surface area contributed by atoms with Gasteiger partial charge in [-0.15, -0.1) is 0 Å². The minimum Gasteiger partial charge on any atom is -0.464 e. The third-order valence-electron chi connectivity index (χ3n) is 1.90. The van der Waals surface area contributed by atoms with Crippen molar-refractivity contribution in [3.05, 3.63) is 0 Å². The first kappa shape index (κ1) is 14.7. The lowest BCUT2D eigenvalue weighted by atomic mass is 10.2. The van der Waals surface area contributed by atoms with Crippen LogP contribution in [0.4, 0.5) is 4.79 Å². The lowest BCUT2D eigenvalue weighted by Gasteiger charge is -2.06. The fraction of sp³-hybridized carbons (Fsp3) is 0.800. The van der Waals surface area contributed by atoms with Crippen LogP contribution in [0.5, 0.6) is 0 Å². The number of ether oxygens (including phenoxy) is 2. The largest absolute Gasteiger partial charge is 0.464 e. The third-order valence-corrected chi connectivity index (χ3v) is 1.90. The Morgan fingerprint density at radius 1 is 1.19 bits per heavy atom. The van der Waals surface area contributed by atoms with Gasteiger partial charge in [0, 0.05) is 6.54 Å². The van der Waals surface area contributed by atoms with Crippen molar-refractivity contribution in [2.24, 2.45) is 5.73 Å². The Labute approximate surface area is 95.5 Å². The van der Waals surface area contributed by atoms with Gasteiger partial charge < -0.3 is 20.5 Å². The minimum absolute atomic E-state index is 0.0811. The van der Waals surface area contributed by atoms with Crippen LogP contribution in [0, 0.1) is 0 Å². The molecule has 0 fully saturated rings. The fourth-order valence-electron chi connectivity index (χ4n) is 1.09. The molecule has 0 bridgehead atoms. The van der Waals surface area contributed by atoms with E-state index in [1.807, 2.05) is 0 Å². The summed E-state index contributed by atoms with van der Waals surface area (Å²) >= 11 is 0. The van der Waals surface area contributed by atoms with Crippen molar-refractivity contribution in [3.63, 3.8) is 0 Å². The molecule has 0 aromatic carbocycles. The predicted octanol–water partition coefficient (Wildman–Crippen LogP) is 0.405. The molecule has 0 unspecified atom stereocenters. The van der Waals surface area contributed by atoms with Gasteiger partial charge in [0.15, 0.2) is 0 Å². The van der Waals surface area contributed by atoms with Crippen LogP contribution in [-0.4, -0.2) is 38.9 Å². The maximum absolute atomic E-state index is 11.0. The molecule has 6 nitrogen and oxygen atoms in total. The van der Waals surface area contributed by atoms with Crippen molar-refractivity contribution in [1.29, 1.82) is 0 Å². The molecular weight excluding hydrogens is 212 g/mol. The molecule has 0 saturated heterocycles. The monoisotopic (exact) mass is 232 g/mol. The Hall–Kier alpha value is -1.30. The van der Waals surface area contributed by atoms with Gasteiger partial charge in [-0.1, -0.05) is 12.8 Å². The molecule has 0 saturated carbocycles. The first-order valence-corrected chi connectivity index (χ1v) is 5.47. The van der Waals surface area contributed by atoms with E-state index in [4.69, 9.17) is 10.5 Å². The van der Waals surface area contributed by atoms with Gasteiger partial charge in [0.1, 0.15) is 13.2 Å². The maximum Gasteiger partial charge on any atom is 0.407 e. The van der Waals surface area contributed by atoms with Gasteiger partial charge in [0.25, 0.3) is 6.47 Å².